The molecule has 0 bridgehead atoms. The second kappa shape index (κ2) is 5.66. The molecule has 1 aliphatic heterocycles. The van der Waals surface area contributed by atoms with Crippen molar-refractivity contribution < 1.29 is 4.39 Å². The minimum absolute atomic E-state index is 0.00929. The van der Waals surface area contributed by atoms with Crippen LogP contribution in [-0.4, -0.2) is 14.8 Å². The van der Waals surface area contributed by atoms with E-state index in [1.54, 1.807) is 12.1 Å². The van der Waals surface area contributed by atoms with Gasteiger partial charge in [0.2, 0.25) is 5.95 Å². The summed E-state index contributed by atoms with van der Waals surface area (Å²) < 4.78 is 15.1. The fourth-order valence-corrected chi connectivity index (χ4v) is 3.12. The van der Waals surface area contributed by atoms with E-state index < -0.39 is 0 Å². The molecule has 0 aliphatic carbocycles. The largest absolute Gasteiger partial charge is 0.348 e. The Balaban J connectivity index is 1.71. The predicted molar refractivity (Wildman–Crippen MR) is 87.0 cm³/mol. The highest BCUT2D eigenvalue weighted by Crippen LogP contribution is 2.37. The summed E-state index contributed by atoms with van der Waals surface area (Å²) >= 11 is 5.97. The van der Waals surface area contributed by atoms with Crippen molar-refractivity contribution in [2.45, 2.75) is 18.5 Å². The van der Waals surface area contributed by atoms with Crippen LogP contribution < -0.4 is 5.32 Å². The molecule has 116 valence electrons. The number of benzene rings is 2. The van der Waals surface area contributed by atoms with Crippen LogP contribution >= 0.6 is 11.6 Å². The van der Waals surface area contributed by atoms with Crippen LogP contribution in [0.5, 0.6) is 0 Å². The SMILES string of the molecule is Fc1ccc([C@@H]2C[C@@H](c3ccc(Cl)cc3)Nc3ncnn32)cc1. The summed E-state index contributed by atoms with van der Waals surface area (Å²) in [6.07, 6.45) is 2.33. The topological polar surface area (TPSA) is 42.7 Å². The molecule has 0 radical (unpaired) electrons. The summed E-state index contributed by atoms with van der Waals surface area (Å²) in [6.45, 7) is 0. The number of fused-ring (bicyclic) bond motifs is 1. The summed E-state index contributed by atoms with van der Waals surface area (Å²) in [5, 5.41) is 8.41. The van der Waals surface area contributed by atoms with Crippen molar-refractivity contribution >= 4 is 17.5 Å². The van der Waals surface area contributed by atoms with Crippen molar-refractivity contribution in [1.82, 2.24) is 14.8 Å². The molecule has 6 heteroatoms. The molecular weight excluding hydrogens is 315 g/mol. The quantitative estimate of drug-likeness (QED) is 0.766. The lowest BCUT2D eigenvalue weighted by molar-refractivity contribution is 0.430. The van der Waals surface area contributed by atoms with Crippen LogP contribution in [0, 0.1) is 5.82 Å². The van der Waals surface area contributed by atoms with Crippen molar-refractivity contribution in [3.8, 4) is 0 Å². The van der Waals surface area contributed by atoms with Crippen molar-refractivity contribution in [2.75, 3.05) is 5.32 Å². The number of nitrogens with zero attached hydrogens (tertiary/aromatic N) is 3. The Morgan fingerprint density at radius 1 is 1.04 bits per heavy atom. The first-order valence-corrected chi connectivity index (χ1v) is 7.75. The molecule has 0 spiro atoms. The van der Waals surface area contributed by atoms with Crippen LogP contribution in [-0.2, 0) is 0 Å². The van der Waals surface area contributed by atoms with Gasteiger partial charge in [-0.15, -0.1) is 0 Å². The van der Waals surface area contributed by atoms with Gasteiger partial charge in [-0.05, 0) is 41.8 Å². The highest BCUT2D eigenvalue weighted by Gasteiger charge is 2.29. The first kappa shape index (κ1) is 14.2. The van der Waals surface area contributed by atoms with Crippen molar-refractivity contribution in [3.05, 3.63) is 76.8 Å². The maximum Gasteiger partial charge on any atom is 0.222 e. The highest BCUT2D eigenvalue weighted by atomic mass is 35.5. The van der Waals surface area contributed by atoms with E-state index in [0.717, 1.165) is 17.5 Å². The monoisotopic (exact) mass is 328 g/mol. The lowest BCUT2D eigenvalue weighted by Gasteiger charge is -2.31. The Hall–Kier alpha value is -2.40. The Morgan fingerprint density at radius 2 is 1.74 bits per heavy atom. The molecule has 1 aromatic heterocycles. The van der Waals surface area contributed by atoms with Gasteiger partial charge >= 0.3 is 0 Å². The molecule has 3 aromatic rings. The molecular formula is C17H14ClFN4. The summed E-state index contributed by atoms with van der Waals surface area (Å²) in [5.41, 5.74) is 2.15. The van der Waals surface area contributed by atoms with Gasteiger partial charge < -0.3 is 5.32 Å². The van der Waals surface area contributed by atoms with Gasteiger partial charge in [0.05, 0.1) is 12.1 Å². The van der Waals surface area contributed by atoms with E-state index in [-0.39, 0.29) is 17.9 Å². The van der Waals surface area contributed by atoms with Crippen LogP contribution in [0.1, 0.15) is 29.6 Å². The van der Waals surface area contributed by atoms with E-state index in [9.17, 15) is 4.39 Å². The molecule has 4 nitrogen and oxygen atoms in total. The molecule has 2 aromatic carbocycles. The maximum absolute atomic E-state index is 13.2. The summed E-state index contributed by atoms with van der Waals surface area (Å²) in [5.74, 6) is 0.473. The maximum atomic E-state index is 13.2. The molecule has 2 heterocycles. The summed E-state index contributed by atoms with van der Waals surface area (Å²) in [6, 6.07) is 14.4. The first-order chi connectivity index (χ1) is 11.2. The molecule has 0 saturated heterocycles. The van der Waals surface area contributed by atoms with E-state index in [4.69, 9.17) is 11.6 Å². The zero-order chi connectivity index (χ0) is 15.8. The molecule has 1 aliphatic rings. The second-order valence-electron chi connectivity index (χ2n) is 5.58. The minimum Gasteiger partial charge on any atom is -0.348 e. The molecule has 0 unspecified atom stereocenters. The third-order valence-corrected chi connectivity index (χ3v) is 4.41. The lowest BCUT2D eigenvalue weighted by atomic mass is 9.93. The first-order valence-electron chi connectivity index (χ1n) is 7.38. The number of halogens is 2. The Labute approximate surface area is 137 Å². The normalized spacial score (nSPS) is 19.9. The Bertz CT molecular complexity index is 813. The third kappa shape index (κ3) is 2.68. The van der Waals surface area contributed by atoms with Crippen LogP contribution in [0.4, 0.5) is 10.3 Å². The number of aromatic nitrogens is 3. The molecule has 0 fully saturated rings. The smallest absolute Gasteiger partial charge is 0.222 e. The van der Waals surface area contributed by atoms with Gasteiger partial charge in [-0.3, -0.25) is 0 Å². The summed E-state index contributed by atoms with van der Waals surface area (Å²) in [7, 11) is 0. The molecule has 0 saturated carbocycles. The number of hydrogen-bond acceptors (Lipinski definition) is 3. The molecule has 23 heavy (non-hydrogen) atoms. The Morgan fingerprint density at radius 3 is 2.48 bits per heavy atom. The number of rotatable bonds is 2. The van der Waals surface area contributed by atoms with Crippen LogP contribution in [0.2, 0.25) is 5.02 Å². The average molecular weight is 329 g/mol. The van der Waals surface area contributed by atoms with Crippen molar-refractivity contribution in [1.29, 1.82) is 0 Å². The van der Waals surface area contributed by atoms with E-state index in [1.807, 2.05) is 28.9 Å². The number of anilines is 1. The van der Waals surface area contributed by atoms with E-state index in [2.05, 4.69) is 15.4 Å². The minimum atomic E-state index is -0.240. The van der Waals surface area contributed by atoms with Gasteiger partial charge in [-0.25, -0.2) is 9.07 Å². The third-order valence-electron chi connectivity index (χ3n) is 4.16. The number of nitrogens with one attached hydrogen (secondary N) is 1. The van der Waals surface area contributed by atoms with Gasteiger partial charge in [0.25, 0.3) is 0 Å². The number of hydrogen-bond donors (Lipinski definition) is 1. The van der Waals surface area contributed by atoms with E-state index in [0.29, 0.717) is 11.0 Å². The molecule has 2 atom stereocenters. The van der Waals surface area contributed by atoms with Crippen molar-refractivity contribution in [3.63, 3.8) is 0 Å². The lowest BCUT2D eigenvalue weighted by Crippen LogP contribution is -2.28. The molecule has 1 N–H and O–H groups in total. The highest BCUT2D eigenvalue weighted by molar-refractivity contribution is 6.30. The van der Waals surface area contributed by atoms with E-state index >= 15 is 0 Å². The summed E-state index contributed by atoms with van der Waals surface area (Å²) in [4.78, 5) is 4.28. The zero-order valence-electron chi connectivity index (χ0n) is 12.2. The van der Waals surface area contributed by atoms with Gasteiger partial charge in [0.1, 0.15) is 12.1 Å². The standard InChI is InChI=1S/C17H14ClFN4/c18-13-5-1-11(2-6-13)15-9-16(12-3-7-14(19)8-4-12)23-17(22-15)20-10-21-23/h1-8,10,15-16H,9H2,(H,20,21,22)/t15-,16-/m0/s1. The van der Waals surface area contributed by atoms with Gasteiger partial charge in [0.15, 0.2) is 0 Å². The van der Waals surface area contributed by atoms with Gasteiger partial charge in [-0.1, -0.05) is 35.9 Å². The fraction of sp³-hybridized carbons (Fsp3) is 0.176. The zero-order valence-corrected chi connectivity index (χ0v) is 12.9. The predicted octanol–water partition coefficient (Wildman–Crippen LogP) is 4.22. The van der Waals surface area contributed by atoms with Crippen molar-refractivity contribution in [2.24, 2.45) is 0 Å². The van der Waals surface area contributed by atoms with E-state index in [1.165, 1.54) is 18.5 Å². The van der Waals surface area contributed by atoms with Crippen LogP contribution in [0.3, 0.4) is 0 Å². The fourth-order valence-electron chi connectivity index (χ4n) is 3.00. The second-order valence-corrected chi connectivity index (χ2v) is 6.02. The Kier molecular flexibility index (Phi) is 3.50. The van der Waals surface area contributed by atoms with Gasteiger partial charge in [-0.2, -0.15) is 10.1 Å². The van der Waals surface area contributed by atoms with Gasteiger partial charge in [0, 0.05) is 5.02 Å². The molecule has 0 amide bonds. The van der Waals surface area contributed by atoms with Crippen LogP contribution in [0.15, 0.2) is 54.9 Å². The van der Waals surface area contributed by atoms with Crippen LogP contribution in [0.25, 0.3) is 0 Å². The average Bonchev–Trinajstić information content (AvgIpc) is 3.04. The molecule has 4 rings (SSSR count).